The third kappa shape index (κ3) is 4.43. The lowest BCUT2D eigenvalue weighted by Crippen LogP contribution is -2.27. The van der Waals surface area contributed by atoms with E-state index in [1.807, 2.05) is 45.4 Å². The number of nitrogens with zero attached hydrogens (tertiary/aromatic N) is 4. The fourth-order valence-corrected chi connectivity index (χ4v) is 3.12. The van der Waals surface area contributed by atoms with E-state index in [4.69, 9.17) is 0 Å². The first-order valence-corrected chi connectivity index (χ1v) is 8.69. The van der Waals surface area contributed by atoms with Crippen LogP contribution in [-0.4, -0.2) is 52.8 Å². The molecule has 0 atom stereocenters. The van der Waals surface area contributed by atoms with Crippen LogP contribution in [0, 0.1) is 0 Å². The van der Waals surface area contributed by atoms with E-state index in [1.165, 1.54) is 0 Å². The summed E-state index contributed by atoms with van der Waals surface area (Å²) in [5.41, 5.74) is 1.73. The first-order valence-electron chi connectivity index (χ1n) is 8.69. The number of hydrogen-bond acceptors (Lipinski definition) is 5. The van der Waals surface area contributed by atoms with Gasteiger partial charge in [-0.25, -0.2) is 4.68 Å². The van der Waals surface area contributed by atoms with Crippen LogP contribution in [0.15, 0.2) is 24.3 Å². The van der Waals surface area contributed by atoms with Crippen molar-refractivity contribution >= 4 is 11.9 Å². The highest BCUT2D eigenvalue weighted by Gasteiger charge is 2.21. The number of aromatic nitrogens is 3. The number of carbonyl (C=O) groups is 1. The predicted octanol–water partition coefficient (Wildman–Crippen LogP) is 1.60. The summed E-state index contributed by atoms with van der Waals surface area (Å²) < 4.78 is 1.65. The summed E-state index contributed by atoms with van der Waals surface area (Å²) in [4.78, 5) is 19.2. The summed E-state index contributed by atoms with van der Waals surface area (Å²) in [6.07, 6.45) is 2.06. The lowest BCUT2D eigenvalue weighted by atomic mass is 9.98. The number of piperidine rings is 1. The van der Waals surface area contributed by atoms with Crippen molar-refractivity contribution in [1.82, 2.24) is 25.0 Å². The molecule has 1 aliphatic rings. The van der Waals surface area contributed by atoms with Crippen LogP contribution >= 0.6 is 0 Å². The van der Waals surface area contributed by atoms with E-state index in [1.54, 1.807) is 4.68 Å². The Morgan fingerprint density at radius 1 is 1.36 bits per heavy atom. The van der Waals surface area contributed by atoms with Crippen molar-refractivity contribution in [3.05, 3.63) is 41.2 Å². The molecule has 3 rings (SSSR count). The Bertz CT molecular complexity index is 733. The monoisotopic (exact) mass is 342 g/mol. The molecule has 0 radical (unpaired) electrons. The largest absolute Gasteiger partial charge is 0.317 e. The number of amides is 1. The second-order valence-electron chi connectivity index (χ2n) is 6.83. The topological polar surface area (TPSA) is 75.1 Å². The second kappa shape index (κ2) is 7.76. The maximum atomic E-state index is 12.6. The average molecular weight is 342 g/mol. The Morgan fingerprint density at radius 2 is 2.12 bits per heavy atom. The first kappa shape index (κ1) is 17.6. The summed E-state index contributed by atoms with van der Waals surface area (Å²) in [5.74, 6) is 1.52. The van der Waals surface area contributed by atoms with E-state index < -0.39 is 0 Å². The SMILES string of the molecule is CN(C)Cc1cccc(C(=O)Nc2nc(C3CCNCC3)nn2C)c1. The van der Waals surface area contributed by atoms with Gasteiger partial charge in [-0.2, -0.15) is 10.1 Å². The number of nitrogens with one attached hydrogen (secondary N) is 2. The smallest absolute Gasteiger partial charge is 0.258 e. The zero-order valence-corrected chi connectivity index (χ0v) is 15.1. The number of hydrogen-bond donors (Lipinski definition) is 2. The van der Waals surface area contributed by atoms with Crippen LogP contribution in [0.4, 0.5) is 5.95 Å². The highest BCUT2D eigenvalue weighted by atomic mass is 16.1. The third-order valence-electron chi connectivity index (χ3n) is 4.40. The minimum atomic E-state index is -0.159. The molecule has 7 heteroatoms. The molecule has 0 unspecified atom stereocenters. The van der Waals surface area contributed by atoms with Crippen molar-refractivity contribution in [3.63, 3.8) is 0 Å². The number of carbonyl (C=O) groups excluding carboxylic acids is 1. The van der Waals surface area contributed by atoms with Crippen LogP contribution in [-0.2, 0) is 13.6 Å². The van der Waals surface area contributed by atoms with Gasteiger partial charge in [0.2, 0.25) is 5.95 Å². The van der Waals surface area contributed by atoms with Gasteiger partial charge in [-0.1, -0.05) is 12.1 Å². The van der Waals surface area contributed by atoms with Gasteiger partial charge in [-0.3, -0.25) is 10.1 Å². The molecule has 1 amide bonds. The van der Waals surface area contributed by atoms with E-state index in [2.05, 4.69) is 25.6 Å². The molecule has 0 bridgehead atoms. The van der Waals surface area contributed by atoms with E-state index in [9.17, 15) is 4.79 Å². The quantitative estimate of drug-likeness (QED) is 0.863. The van der Waals surface area contributed by atoms with E-state index in [-0.39, 0.29) is 5.91 Å². The normalized spacial score (nSPS) is 15.5. The first-order chi connectivity index (χ1) is 12.0. The molecule has 1 fully saturated rings. The van der Waals surface area contributed by atoms with Crippen molar-refractivity contribution in [1.29, 1.82) is 0 Å². The van der Waals surface area contributed by atoms with Gasteiger partial charge in [0.05, 0.1) is 0 Å². The summed E-state index contributed by atoms with van der Waals surface area (Å²) in [7, 11) is 5.83. The van der Waals surface area contributed by atoms with Gasteiger partial charge in [0.25, 0.3) is 5.91 Å². The van der Waals surface area contributed by atoms with Gasteiger partial charge in [-0.15, -0.1) is 0 Å². The van der Waals surface area contributed by atoms with Crippen LogP contribution in [0.2, 0.25) is 0 Å². The molecule has 7 nitrogen and oxygen atoms in total. The molecular formula is C18H26N6O. The van der Waals surface area contributed by atoms with Crippen LogP contribution in [0.3, 0.4) is 0 Å². The highest BCUT2D eigenvalue weighted by molar-refractivity contribution is 6.03. The summed E-state index contributed by atoms with van der Waals surface area (Å²) in [6, 6.07) is 7.66. The Kier molecular flexibility index (Phi) is 5.45. The number of anilines is 1. The van der Waals surface area contributed by atoms with E-state index in [0.717, 1.165) is 43.9 Å². The van der Waals surface area contributed by atoms with Crippen LogP contribution in [0.1, 0.15) is 40.5 Å². The Hall–Kier alpha value is -2.25. The van der Waals surface area contributed by atoms with Crippen molar-refractivity contribution in [3.8, 4) is 0 Å². The van der Waals surface area contributed by atoms with Gasteiger partial charge >= 0.3 is 0 Å². The van der Waals surface area contributed by atoms with Crippen molar-refractivity contribution in [2.75, 3.05) is 32.5 Å². The molecule has 1 saturated heterocycles. The Labute approximate surface area is 148 Å². The molecular weight excluding hydrogens is 316 g/mol. The molecule has 1 aromatic carbocycles. The molecule has 2 aromatic rings. The summed E-state index contributed by atoms with van der Waals surface area (Å²) >= 11 is 0. The number of rotatable bonds is 5. The molecule has 2 heterocycles. The van der Waals surface area contributed by atoms with Gasteiger partial charge in [-0.05, 0) is 57.7 Å². The Balaban J connectivity index is 1.71. The maximum absolute atomic E-state index is 12.6. The number of aryl methyl sites for hydroxylation is 1. The highest BCUT2D eigenvalue weighted by Crippen LogP contribution is 2.23. The molecule has 1 aliphatic heterocycles. The lowest BCUT2D eigenvalue weighted by Gasteiger charge is -2.19. The molecule has 1 aromatic heterocycles. The predicted molar refractivity (Wildman–Crippen MR) is 97.6 cm³/mol. The van der Waals surface area contributed by atoms with E-state index in [0.29, 0.717) is 17.4 Å². The fraction of sp³-hybridized carbons (Fsp3) is 0.500. The third-order valence-corrected chi connectivity index (χ3v) is 4.40. The molecule has 134 valence electrons. The molecule has 0 saturated carbocycles. The molecule has 0 aliphatic carbocycles. The van der Waals surface area contributed by atoms with Crippen LogP contribution in [0.5, 0.6) is 0 Å². The van der Waals surface area contributed by atoms with Crippen LogP contribution < -0.4 is 10.6 Å². The average Bonchev–Trinajstić information content (AvgIpc) is 2.96. The summed E-state index contributed by atoms with van der Waals surface area (Å²) in [5, 5.41) is 10.7. The zero-order chi connectivity index (χ0) is 17.8. The minimum absolute atomic E-state index is 0.159. The van der Waals surface area contributed by atoms with Gasteiger partial charge in [0.15, 0.2) is 5.82 Å². The molecule has 0 spiro atoms. The van der Waals surface area contributed by atoms with Crippen LogP contribution in [0.25, 0.3) is 0 Å². The standard InChI is InChI=1S/C18H26N6O/c1-23(2)12-13-5-4-6-15(11-13)17(25)21-18-20-16(22-24(18)3)14-7-9-19-10-8-14/h4-6,11,14,19H,7-10,12H2,1-3H3,(H,20,21,22,25). The Morgan fingerprint density at radius 3 is 2.84 bits per heavy atom. The van der Waals surface area contributed by atoms with E-state index >= 15 is 0 Å². The van der Waals surface area contributed by atoms with Gasteiger partial charge in [0.1, 0.15) is 0 Å². The molecule has 2 N–H and O–H groups in total. The van der Waals surface area contributed by atoms with Crippen molar-refractivity contribution in [2.45, 2.75) is 25.3 Å². The minimum Gasteiger partial charge on any atom is -0.317 e. The zero-order valence-electron chi connectivity index (χ0n) is 15.1. The summed E-state index contributed by atoms with van der Waals surface area (Å²) in [6.45, 7) is 2.78. The maximum Gasteiger partial charge on any atom is 0.258 e. The van der Waals surface area contributed by atoms with Crippen molar-refractivity contribution in [2.24, 2.45) is 7.05 Å². The number of benzene rings is 1. The lowest BCUT2D eigenvalue weighted by molar-refractivity contribution is 0.102. The fourth-order valence-electron chi connectivity index (χ4n) is 3.12. The van der Waals surface area contributed by atoms with Crippen molar-refractivity contribution < 1.29 is 4.79 Å². The van der Waals surface area contributed by atoms with Gasteiger partial charge < -0.3 is 10.2 Å². The second-order valence-corrected chi connectivity index (χ2v) is 6.83. The molecule has 25 heavy (non-hydrogen) atoms. The van der Waals surface area contributed by atoms with Gasteiger partial charge in [0, 0.05) is 25.1 Å².